The van der Waals surface area contributed by atoms with Crippen molar-refractivity contribution >= 4 is 24.8 Å². The second kappa shape index (κ2) is 9.06. The van der Waals surface area contributed by atoms with E-state index in [-0.39, 0.29) is 36.5 Å². The summed E-state index contributed by atoms with van der Waals surface area (Å²) >= 11 is 0. The first-order chi connectivity index (χ1) is 3.06. The van der Waals surface area contributed by atoms with Crippen molar-refractivity contribution < 1.29 is 0 Å². The van der Waals surface area contributed by atoms with Crippen LogP contribution in [0.2, 0.25) is 0 Å². The van der Waals surface area contributed by atoms with Crippen LogP contribution in [0.4, 0.5) is 0 Å². The maximum absolute atomic E-state index is 5.47. The van der Waals surface area contributed by atoms with Gasteiger partial charge in [-0.15, -0.1) is 30.7 Å². The average Bonchev–Trinajstić information content (AvgIpc) is 1.30. The average molecular weight is 187 g/mol. The molecule has 0 bridgehead atoms. The Morgan fingerprint density at radius 1 is 1.20 bits per heavy atom. The van der Waals surface area contributed by atoms with E-state index in [2.05, 4.69) is 11.8 Å². The van der Waals surface area contributed by atoms with Gasteiger partial charge < -0.3 is 11.9 Å². The third-order valence-corrected chi connectivity index (χ3v) is 0.447. The fraction of sp³-hybridized carbons (Fsp3) is 0.667. The van der Waals surface area contributed by atoms with E-state index in [0.717, 1.165) is 0 Å². The molecule has 0 aliphatic heterocycles. The van der Waals surface area contributed by atoms with Gasteiger partial charge in [0.15, 0.2) is 0 Å². The van der Waals surface area contributed by atoms with Crippen molar-refractivity contribution in [3.63, 3.8) is 0 Å². The monoisotopic (exact) mass is 186 g/mol. The molecule has 64 valence electrons. The van der Waals surface area contributed by atoms with Gasteiger partial charge in [0.1, 0.15) is 0 Å². The molecule has 0 atom stereocenters. The Hall–Kier alpha value is 0.0600. The molecule has 0 aliphatic rings. The summed E-state index contributed by atoms with van der Waals surface area (Å²) in [5, 5.41) is 0. The van der Waals surface area contributed by atoms with Crippen molar-refractivity contribution in [2.45, 2.75) is 26.3 Å². The first kappa shape index (κ1) is 22.5. The lowest BCUT2D eigenvalue weighted by Gasteiger charge is -2.06. The third-order valence-electron chi connectivity index (χ3n) is 0.447. The van der Waals surface area contributed by atoms with Gasteiger partial charge in [0.25, 0.3) is 0 Å². The van der Waals surface area contributed by atoms with E-state index >= 15 is 0 Å². The highest BCUT2D eigenvalue weighted by Gasteiger charge is 2.01. The minimum atomic E-state index is -0.311. The molecule has 2 nitrogen and oxygen atoms in total. The van der Waals surface area contributed by atoms with E-state index in [4.69, 9.17) is 5.73 Å². The van der Waals surface area contributed by atoms with Crippen LogP contribution in [0, 0.1) is 11.8 Å². The Balaban J connectivity index is -0.0000000600. The molecule has 0 unspecified atom stereocenters. The van der Waals surface area contributed by atoms with Gasteiger partial charge in [0.2, 0.25) is 0 Å². The van der Waals surface area contributed by atoms with Crippen LogP contribution >= 0.6 is 24.8 Å². The van der Waals surface area contributed by atoms with Crippen molar-refractivity contribution in [3.8, 4) is 11.8 Å². The molecule has 0 amide bonds. The van der Waals surface area contributed by atoms with Crippen molar-refractivity contribution in [2.24, 2.45) is 5.73 Å². The molecule has 0 radical (unpaired) electrons. The summed E-state index contributed by atoms with van der Waals surface area (Å²) in [6.07, 6.45) is 0. The quantitative estimate of drug-likeness (QED) is 0.567. The minimum Gasteiger partial charge on any atom is -0.344 e. The Labute approximate surface area is 75.3 Å². The van der Waals surface area contributed by atoms with Crippen LogP contribution in [0.1, 0.15) is 20.8 Å². The minimum absolute atomic E-state index is 0. The maximum atomic E-state index is 5.47. The fourth-order valence-electron chi connectivity index (χ4n) is 0.322. The van der Waals surface area contributed by atoms with E-state index < -0.39 is 0 Å². The van der Waals surface area contributed by atoms with Crippen LogP contribution in [0.5, 0.6) is 0 Å². The van der Waals surface area contributed by atoms with Gasteiger partial charge in [0, 0.05) is 0 Å². The summed E-state index contributed by atoms with van der Waals surface area (Å²) in [5.74, 6) is 5.55. The Kier molecular flexibility index (Phi) is 20.4. The van der Waals surface area contributed by atoms with E-state index in [9.17, 15) is 0 Å². The first-order valence-corrected chi connectivity index (χ1v) is 2.29. The third kappa shape index (κ3) is 24.4. The lowest BCUT2D eigenvalue weighted by molar-refractivity contribution is 0.680. The zero-order chi connectivity index (χ0) is 5.91. The maximum Gasteiger partial charge on any atom is 0.0718 e. The van der Waals surface area contributed by atoms with Gasteiger partial charge in [-0.1, -0.05) is 5.92 Å². The Morgan fingerprint density at radius 3 is 1.50 bits per heavy atom. The highest BCUT2D eigenvalue weighted by molar-refractivity contribution is 5.85. The Morgan fingerprint density at radius 2 is 1.50 bits per heavy atom. The standard InChI is InChI=1S/C6H11N.2ClH.H3N/c1-4-5-6(2,3)7;;;/h7H2,1-3H3;2*1H;1H3. The predicted molar refractivity (Wildman–Crippen MR) is 51.2 cm³/mol. The fourth-order valence-corrected chi connectivity index (χ4v) is 0.322. The van der Waals surface area contributed by atoms with Crippen LogP contribution < -0.4 is 11.9 Å². The number of hydrogen-bond acceptors (Lipinski definition) is 2. The molecule has 0 aromatic carbocycles. The topological polar surface area (TPSA) is 61.0 Å². The molecule has 0 rings (SSSR count). The summed E-state index contributed by atoms with van der Waals surface area (Å²) in [6.45, 7) is 5.54. The molecule has 0 spiro atoms. The van der Waals surface area contributed by atoms with E-state index in [0.29, 0.717) is 0 Å². The largest absolute Gasteiger partial charge is 0.344 e. The molecule has 5 N–H and O–H groups in total. The molecule has 0 heterocycles. The lowest BCUT2D eigenvalue weighted by Crippen LogP contribution is -2.29. The van der Waals surface area contributed by atoms with E-state index in [1.54, 1.807) is 6.92 Å². The van der Waals surface area contributed by atoms with Crippen molar-refractivity contribution in [3.05, 3.63) is 0 Å². The number of nitrogens with two attached hydrogens (primary N) is 1. The van der Waals surface area contributed by atoms with Crippen LogP contribution in [0.15, 0.2) is 0 Å². The van der Waals surface area contributed by atoms with Crippen LogP contribution in [0.3, 0.4) is 0 Å². The van der Waals surface area contributed by atoms with E-state index in [1.165, 1.54) is 0 Å². The van der Waals surface area contributed by atoms with Gasteiger partial charge >= 0.3 is 0 Å². The molecule has 0 aliphatic carbocycles. The summed E-state index contributed by atoms with van der Waals surface area (Å²) in [5.41, 5.74) is 5.16. The van der Waals surface area contributed by atoms with Crippen LogP contribution in [-0.2, 0) is 0 Å². The van der Waals surface area contributed by atoms with Crippen LogP contribution in [0.25, 0.3) is 0 Å². The SMILES string of the molecule is CC#CC(C)(C)N.Cl.Cl.N. The molecule has 4 heteroatoms. The van der Waals surface area contributed by atoms with Crippen molar-refractivity contribution in [1.82, 2.24) is 6.15 Å². The lowest BCUT2D eigenvalue weighted by atomic mass is 10.1. The summed E-state index contributed by atoms with van der Waals surface area (Å²) in [6, 6.07) is 0. The van der Waals surface area contributed by atoms with E-state index in [1.807, 2.05) is 13.8 Å². The number of rotatable bonds is 0. The molecule has 0 saturated heterocycles. The zero-order valence-electron chi connectivity index (χ0n) is 6.60. The molecule has 10 heavy (non-hydrogen) atoms. The smallest absolute Gasteiger partial charge is 0.0718 e. The van der Waals surface area contributed by atoms with Gasteiger partial charge in [-0.05, 0) is 20.8 Å². The Bertz CT molecular complexity index is 107. The first-order valence-electron chi connectivity index (χ1n) is 2.29. The number of halogens is 2. The highest BCUT2D eigenvalue weighted by Crippen LogP contribution is 1.90. The normalized spacial score (nSPS) is 6.80. The predicted octanol–water partition coefficient (Wildman–Crippen LogP) is 1.75. The molecule has 0 aromatic heterocycles. The second-order valence-electron chi connectivity index (χ2n) is 2.10. The number of hydrogen-bond donors (Lipinski definition) is 2. The molecule has 0 aromatic rings. The second-order valence-corrected chi connectivity index (χ2v) is 2.10. The molecule has 0 saturated carbocycles. The van der Waals surface area contributed by atoms with Gasteiger partial charge in [-0.2, -0.15) is 0 Å². The van der Waals surface area contributed by atoms with Gasteiger partial charge in [0.05, 0.1) is 5.54 Å². The zero-order valence-corrected chi connectivity index (χ0v) is 8.23. The summed E-state index contributed by atoms with van der Waals surface area (Å²) in [4.78, 5) is 0. The summed E-state index contributed by atoms with van der Waals surface area (Å²) in [7, 11) is 0. The highest BCUT2D eigenvalue weighted by atomic mass is 35.5. The molecular weight excluding hydrogens is 171 g/mol. The molecule has 0 fully saturated rings. The van der Waals surface area contributed by atoms with Crippen LogP contribution in [-0.4, -0.2) is 5.54 Å². The van der Waals surface area contributed by atoms with Crippen molar-refractivity contribution in [2.75, 3.05) is 0 Å². The van der Waals surface area contributed by atoms with Crippen molar-refractivity contribution in [1.29, 1.82) is 0 Å². The van der Waals surface area contributed by atoms with Gasteiger partial charge in [-0.3, -0.25) is 0 Å². The summed E-state index contributed by atoms with van der Waals surface area (Å²) < 4.78 is 0. The molecular formula is C6H16Cl2N2. The van der Waals surface area contributed by atoms with Gasteiger partial charge in [-0.25, -0.2) is 0 Å².